The lowest BCUT2D eigenvalue weighted by molar-refractivity contribution is -0.127. The number of thiophene rings is 1. The Hall–Kier alpha value is -0.870. The third-order valence-corrected chi connectivity index (χ3v) is 7.20. The zero-order valence-electron chi connectivity index (χ0n) is 16.8. The number of amides is 1. The number of fused-ring (bicyclic) bond motifs is 5. The minimum atomic E-state index is 0. The van der Waals surface area contributed by atoms with Gasteiger partial charge in [-0.1, -0.05) is 13.0 Å². The number of nitrogens with zero attached hydrogens (tertiary/aromatic N) is 3. The molecule has 5 unspecified atom stereocenters. The topological polar surface area (TPSA) is 57.2 Å². The first kappa shape index (κ1) is 21.8. The van der Waals surface area contributed by atoms with Gasteiger partial charge in [0.1, 0.15) is 6.54 Å². The second-order valence-corrected chi connectivity index (χ2v) is 9.05. The van der Waals surface area contributed by atoms with E-state index in [1.807, 2.05) is 0 Å². The third-order valence-electron chi connectivity index (χ3n) is 6.21. The quantitative estimate of drug-likeness (QED) is 0.370. The highest BCUT2D eigenvalue weighted by atomic mass is 127. The van der Waals surface area contributed by atoms with Crippen molar-refractivity contribution in [3.8, 4) is 0 Å². The van der Waals surface area contributed by atoms with Crippen molar-refractivity contribution in [2.75, 3.05) is 33.7 Å². The summed E-state index contributed by atoms with van der Waals surface area (Å²) in [5.74, 6) is 2.13. The molecule has 5 atom stereocenters. The van der Waals surface area contributed by atoms with Gasteiger partial charge in [-0.2, -0.15) is 0 Å². The molecule has 2 bridgehead atoms. The molecule has 8 heteroatoms. The lowest BCUT2D eigenvalue weighted by atomic mass is 9.82. The molecule has 0 radical (unpaired) electrons. The van der Waals surface area contributed by atoms with E-state index < -0.39 is 0 Å². The Morgan fingerprint density at radius 2 is 2.04 bits per heavy atom. The Morgan fingerprint density at radius 3 is 2.57 bits per heavy atom. The first-order valence-electron chi connectivity index (χ1n) is 10.0. The summed E-state index contributed by atoms with van der Waals surface area (Å²) in [7, 11) is 3.56. The molecule has 3 aliphatic heterocycles. The van der Waals surface area contributed by atoms with Gasteiger partial charge < -0.3 is 19.9 Å². The average molecular weight is 518 g/mol. The molecule has 4 heterocycles. The number of guanidine groups is 1. The first-order valence-corrected chi connectivity index (χ1v) is 10.9. The van der Waals surface area contributed by atoms with Gasteiger partial charge in [-0.15, -0.1) is 35.3 Å². The molecular formula is C20H31IN4O2S. The largest absolute Gasteiger partial charge is 0.374 e. The van der Waals surface area contributed by atoms with E-state index in [4.69, 9.17) is 9.73 Å². The molecule has 0 saturated carbocycles. The van der Waals surface area contributed by atoms with Crippen LogP contribution in [0.4, 0.5) is 0 Å². The molecule has 6 nitrogen and oxygen atoms in total. The highest BCUT2D eigenvalue weighted by Crippen LogP contribution is 2.47. The SMILES string of the molecule is CCC(NC(=NCC(=O)N(C)C)N1CC2C3CCC(O3)C2C1)c1cccs1.I. The van der Waals surface area contributed by atoms with Crippen LogP contribution in [0.5, 0.6) is 0 Å². The van der Waals surface area contributed by atoms with Crippen molar-refractivity contribution in [2.45, 2.75) is 44.4 Å². The van der Waals surface area contributed by atoms with Crippen LogP contribution in [-0.4, -0.2) is 67.6 Å². The summed E-state index contributed by atoms with van der Waals surface area (Å²) >= 11 is 1.77. The van der Waals surface area contributed by atoms with E-state index >= 15 is 0 Å². The number of nitrogens with one attached hydrogen (secondary N) is 1. The Morgan fingerprint density at radius 1 is 1.36 bits per heavy atom. The van der Waals surface area contributed by atoms with E-state index in [9.17, 15) is 4.79 Å². The van der Waals surface area contributed by atoms with Gasteiger partial charge in [-0.05, 0) is 30.7 Å². The first-order chi connectivity index (χ1) is 13.1. The van der Waals surface area contributed by atoms with Crippen LogP contribution in [0, 0.1) is 11.8 Å². The summed E-state index contributed by atoms with van der Waals surface area (Å²) < 4.78 is 6.11. The normalized spacial score (nSPS) is 29.4. The summed E-state index contributed by atoms with van der Waals surface area (Å²) in [6.45, 7) is 4.33. The number of ether oxygens (including phenoxy) is 1. The van der Waals surface area contributed by atoms with Gasteiger partial charge in [-0.25, -0.2) is 4.99 Å². The third kappa shape index (κ3) is 4.33. The van der Waals surface area contributed by atoms with Crippen molar-refractivity contribution in [3.63, 3.8) is 0 Å². The number of hydrogen-bond donors (Lipinski definition) is 1. The summed E-state index contributed by atoms with van der Waals surface area (Å²) in [6.07, 6.45) is 4.23. The predicted octanol–water partition coefficient (Wildman–Crippen LogP) is 2.96. The number of halogens is 1. The molecule has 3 saturated heterocycles. The molecule has 156 valence electrons. The zero-order valence-corrected chi connectivity index (χ0v) is 20.0. The minimum Gasteiger partial charge on any atom is -0.374 e. The smallest absolute Gasteiger partial charge is 0.243 e. The molecule has 1 aromatic heterocycles. The lowest BCUT2D eigenvalue weighted by Gasteiger charge is -2.27. The molecule has 3 aliphatic rings. The van der Waals surface area contributed by atoms with Crippen LogP contribution < -0.4 is 5.32 Å². The summed E-state index contributed by atoms with van der Waals surface area (Å²) in [4.78, 5) is 22.1. The Balaban J connectivity index is 0.00000225. The number of carbonyl (C=O) groups is 1. The molecule has 28 heavy (non-hydrogen) atoms. The van der Waals surface area contributed by atoms with E-state index in [-0.39, 0.29) is 42.5 Å². The minimum absolute atomic E-state index is 0. The van der Waals surface area contributed by atoms with Crippen molar-refractivity contribution >= 4 is 47.2 Å². The van der Waals surface area contributed by atoms with Gasteiger partial charge in [0.15, 0.2) is 5.96 Å². The maximum Gasteiger partial charge on any atom is 0.243 e. The van der Waals surface area contributed by atoms with E-state index in [1.54, 1.807) is 30.3 Å². The van der Waals surface area contributed by atoms with Crippen LogP contribution in [0.25, 0.3) is 0 Å². The molecule has 0 aliphatic carbocycles. The van der Waals surface area contributed by atoms with E-state index in [2.05, 4.69) is 34.7 Å². The monoisotopic (exact) mass is 518 g/mol. The van der Waals surface area contributed by atoms with Gasteiger partial charge in [0.25, 0.3) is 0 Å². The molecule has 3 fully saturated rings. The number of rotatable bonds is 5. The predicted molar refractivity (Wildman–Crippen MR) is 123 cm³/mol. The second-order valence-electron chi connectivity index (χ2n) is 8.07. The number of hydrogen-bond acceptors (Lipinski definition) is 4. The Labute approximate surface area is 188 Å². The van der Waals surface area contributed by atoms with Crippen molar-refractivity contribution in [3.05, 3.63) is 22.4 Å². The van der Waals surface area contributed by atoms with Crippen molar-refractivity contribution < 1.29 is 9.53 Å². The standard InChI is InChI=1S/C20H30N4O2S.HI/c1-4-15(18-6-5-9-27-18)22-20(21-10-19(25)23(2)3)24-11-13-14(12-24)17-8-7-16(13)26-17;/h5-6,9,13-17H,4,7-8,10-12H2,1-3H3,(H,21,22);1H. The molecule has 0 aromatic carbocycles. The fourth-order valence-corrected chi connectivity index (χ4v) is 5.53. The fourth-order valence-electron chi connectivity index (χ4n) is 4.67. The average Bonchev–Trinajstić information content (AvgIpc) is 3.43. The molecule has 1 amide bonds. The van der Waals surface area contributed by atoms with Gasteiger partial charge in [0.05, 0.1) is 18.2 Å². The molecule has 0 spiro atoms. The lowest BCUT2D eigenvalue weighted by Crippen LogP contribution is -2.43. The number of aliphatic imine (C=N–C) groups is 1. The van der Waals surface area contributed by atoms with Crippen LogP contribution in [0.3, 0.4) is 0 Å². The number of carbonyl (C=O) groups excluding carboxylic acids is 1. The Kier molecular flexibility index (Phi) is 7.25. The maximum atomic E-state index is 12.1. The van der Waals surface area contributed by atoms with Crippen LogP contribution in [0.15, 0.2) is 22.5 Å². The van der Waals surface area contributed by atoms with Crippen LogP contribution in [-0.2, 0) is 9.53 Å². The van der Waals surface area contributed by atoms with E-state index in [0.717, 1.165) is 25.5 Å². The summed E-state index contributed by atoms with van der Waals surface area (Å²) in [6, 6.07) is 4.49. The van der Waals surface area contributed by atoms with Gasteiger partial charge in [-0.3, -0.25) is 4.79 Å². The Bertz CT molecular complexity index is 678. The number of likely N-dealkylation sites (N-methyl/N-ethyl adjacent to an activating group) is 1. The summed E-state index contributed by atoms with van der Waals surface area (Å²) in [5, 5.41) is 5.77. The highest BCUT2D eigenvalue weighted by molar-refractivity contribution is 14.0. The van der Waals surface area contributed by atoms with Crippen LogP contribution >= 0.6 is 35.3 Å². The molecule has 1 aromatic rings. The molecule has 4 rings (SSSR count). The molecule has 1 N–H and O–H groups in total. The van der Waals surface area contributed by atoms with Crippen LogP contribution in [0.2, 0.25) is 0 Å². The fraction of sp³-hybridized carbons (Fsp3) is 0.700. The summed E-state index contributed by atoms with van der Waals surface area (Å²) in [5.41, 5.74) is 0. The van der Waals surface area contributed by atoms with Gasteiger partial charge >= 0.3 is 0 Å². The highest BCUT2D eigenvalue weighted by Gasteiger charge is 2.53. The van der Waals surface area contributed by atoms with Crippen molar-refractivity contribution in [1.82, 2.24) is 15.1 Å². The number of likely N-dealkylation sites (tertiary alicyclic amines) is 1. The van der Waals surface area contributed by atoms with Crippen LogP contribution in [0.1, 0.15) is 37.1 Å². The zero-order chi connectivity index (χ0) is 19.0. The molecular weight excluding hydrogens is 487 g/mol. The van der Waals surface area contributed by atoms with Gasteiger partial charge in [0.2, 0.25) is 5.91 Å². The van der Waals surface area contributed by atoms with E-state index in [0.29, 0.717) is 24.0 Å². The maximum absolute atomic E-state index is 12.1. The second kappa shape index (κ2) is 9.30. The van der Waals surface area contributed by atoms with E-state index in [1.165, 1.54) is 17.7 Å². The van der Waals surface area contributed by atoms with Gasteiger partial charge in [0, 0.05) is 43.9 Å². The van der Waals surface area contributed by atoms with Crippen molar-refractivity contribution in [1.29, 1.82) is 0 Å². The van der Waals surface area contributed by atoms with Crippen molar-refractivity contribution in [2.24, 2.45) is 16.8 Å².